The fraction of sp³-hybridized carbons (Fsp3) is 0.562. The average molecular weight is 863 g/mol. The number of nitrogens with one attached hydrogen (secondary N) is 2. The van der Waals surface area contributed by atoms with E-state index in [2.05, 4.69) is 102 Å². The molecule has 62 heavy (non-hydrogen) atoms. The molecule has 7 heterocycles. The maximum Gasteiger partial charge on any atom is 0.324 e. The predicted molar refractivity (Wildman–Crippen MR) is 242 cm³/mol. The van der Waals surface area contributed by atoms with E-state index in [-0.39, 0.29) is 54.7 Å². The topological polar surface area (TPSA) is 134 Å². The molecule has 5 aliphatic rings. The Morgan fingerprint density at radius 2 is 1.92 bits per heavy atom. The van der Waals surface area contributed by atoms with E-state index in [0.717, 1.165) is 88.0 Å². The lowest BCUT2D eigenvalue weighted by Gasteiger charge is -2.39. The molecule has 1 aliphatic carbocycles. The number of rotatable bonds is 7. The number of esters is 1. The number of aromatic nitrogens is 3. The first kappa shape index (κ1) is 42.5. The van der Waals surface area contributed by atoms with Crippen LogP contribution in [0.3, 0.4) is 0 Å². The van der Waals surface area contributed by atoms with Gasteiger partial charge in [-0.15, -0.1) is 11.3 Å². The van der Waals surface area contributed by atoms with Gasteiger partial charge in [0.05, 0.1) is 46.7 Å². The third-order valence-electron chi connectivity index (χ3n) is 14.1. The largest absolute Gasteiger partial charge is 0.464 e. The molecule has 3 fully saturated rings. The van der Waals surface area contributed by atoms with Crippen LogP contribution in [0.25, 0.3) is 33.4 Å². The number of fused-ring (bicyclic) bond motifs is 7. The van der Waals surface area contributed by atoms with E-state index < -0.39 is 17.5 Å². The minimum atomic E-state index is -0.840. The van der Waals surface area contributed by atoms with Gasteiger partial charge in [-0.25, -0.2) is 10.4 Å². The number of carbonyl (C=O) groups is 3. The summed E-state index contributed by atoms with van der Waals surface area (Å²) in [4.78, 5) is 56.8. The Morgan fingerprint density at radius 3 is 2.69 bits per heavy atom. The Kier molecular flexibility index (Phi) is 11.7. The number of aryl methyl sites for hydroxylation is 1. The summed E-state index contributed by atoms with van der Waals surface area (Å²) in [6, 6.07) is 7.35. The van der Waals surface area contributed by atoms with Crippen molar-refractivity contribution in [3.05, 3.63) is 64.0 Å². The summed E-state index contributed by atoms with van der Waals surface area (Å²) in [5, 5.41) is 8.51. The second-order valence-electron chi connectivity index (χ2n) is 19.0. The molecule has 9 rings (SSSR count). The zero-order valence-corrected chi connectivity index (χ0v) is 38.1. The number of piperidine rings is 1. The number of allylic oxidation sites excluding steroid dienone is 1. The Balaban J connectivity index is 1.17. The number of thiazole rings is 1. The van der Waals surface area contributed by atoms with E-state index in [1.165, 1.54) is 34.9 Å². The maximum atomic E-state index is 14.2. The van der Waals surface area contributed by atoms with Gasteiger partial charge in [-0.05, 0) is 88.0 Å². The van der Waals surface area contributed by atoms with Gasteiger partial charge in [-0.1, -0.05) is 33.8 Å². The number of hydrogen-bond acceptors (Lipinski definition) is 11. The highest BCUT2D eigenvalue weighted by Gasteiger charge is 2.49. The van der Waals surface area contributed by atoms with Crippen LogP contribution in [0.2, 0.25) is 0 Å². The van der Waals surface area contributed by atoms with Crippen LogP contribution in [0, 0.1) is 23.2 Å². The minimum Gasteiger partial charge on any atom is -0.464 e. The number of carbonyl (C=O) groups excluding carboxylic acids is 3. The molecule has 1 aromatic carbocycles. The van der Waals surface area contributed by atoms with Crippen molar-refractivity contribution < 1.29 is 23.9 Å². The Hall–Kier alpha value is -4.79. The standard InChI is InChI=1S/C48H62N8O5S/c1-8-55-40-15-14-31-20-34(40)36(44(55)35-21-33(24-49-43(35)30(4)60-7)54-19-18-53-16-10-9-12-32(53)25-54)23-48(5,6)27-61-47(59)37-13-11-17-56(52-37)46(58)38(22-41-50-39(31)26-62-41)51-45(57)42-28(2)29(42)3/h14-15,20-21,24-26,28-30,37-38,42,52H,8-13,16-19,22-23,27H2,1-7H3,(H,51,57)/t28-,29+,30-,37-,38-,42?/m0/s1. The molecule has 13 nitrogen and oxygen atoms in total. The van der Waals surface area contributed by atoms with Gasteiger partial charge in [-0.3, -0.25) is 24.4 Å². The van der Waals surface area contributed by atoms with Gasteiger partial charge < -0.3 is 29.2 Å². The van der Waals surface area contributed by atoms with Crippen LogP contribution in [-0.4, -0.2) is 94.2 Å². The molecule has 330 valence electrons. The molecule has 2 amide bonds. The third-order valence-corrected chi connectivity index (χ3v) is 15.0. The van der Waals surface area contributed by atoms with Crippen molar-refractivity contribution in [2.45, 2.75) is 111 Å². The van der Waals surface area contributed by atoms with Gasteiger partial charge in [0, 0.05) is 96.9 Å². The summed E-state index contributed by atoms with van der Waals surface area (Å²) >= 11 is 1.50. The molecule has 1 unspecified atom stereocenters. The van der Waals surface area contributed by atoms with Crippen molar-refractivity contribution >= 4 is 45.7 Å². The molecule has 2 saturated heterocycles. The molecular formula is C48H62N8O5S. The van der Waals surface area contributed by atoms with Gasteiger partial charge >= 0.3 is 5.97 Å². The van der Waals surface area contributed by atoms with Gasteiger partial charge in [0.1, 0.15) is 12.1 Å². The lowest BCUT2D eigenvalue weighted by atomic mass is 9.84. The van der Waals surface area contributed by atoms with Crippen LogP contribution in [0.5, 0.6) is 0 Å². The van der Waals surface area contributed by atoms with E-state index in [4.69, 9.17) is 19.4 Å². The molecule has 0 spiro atoms. The van der Waals surface area contributed by atoms with Gasteiger partial charge in [0.25, 0.3) is 5.91 Å². The Labute approximate surface area is 369 Å². The summed E-state index contributed by atoms with van der Waals surface area (Å²) < 4.78 is 14.6. The van der Waals surface area contributed by atoms with Crippen LogP contribution in [0.4, 0.5) is 5.69 Å². The number of methoxy groups -OCH3 is 1. The second-order valence-corrected chi connectivity index (χ2v) is 19.9. The molecule has 6 atom stereocenters. The summed E-state index contributed by atoms with van der Waals surface area (Å²) in [5.41, 5.74) is 12.2. The van der Waals surface area contributed by atoms with Crippen molar-refractivity contribution in [3.8, 4) is 22.5 Å². The lowest BCUT2D eigenvalue weighted by molar-refractivity contribution is -0.155. The smallest absolute Gasteiger partial charge is 0.324 e. The van der Waals surface area contributed by atoms with Crippen molar-refractivity contribution in [1.29, 1.82) is 0 Å². The number of nitrogens with zero attached hydrogens (tertiary/aromatic N) is 6. The van der Waals surface area contributed by atoms with Crippen LogP contribution in [0.15, 0.2) is 47.7 Å². The minimum absolute atomic E-state index is 0.112. The number of hydrogen-bond donors (Lipinski definition) is 2. The fourth-order valence-electron chi connectivity index (χ4n) is 10.2. The Morgan fingerprint density at radius 1 is 1.10 bits per heavy atom. The van der Waals surface area contributed by atoms with Crippen molar-refractivity contribution in [2.75, 3.05) is 44.8 Å². The van der Waals surface area contributed by atoms with Crippen molar-refractivity contribution in [3.63, 3.8) is 0 Å². The highest BCUT2D eigenvalue weighted by Crippen LogP contribution is 2.46. The van der Waals surface area contributed by atoms with Crippen LogP contribution >= 0.6 is 11.3 Å². The summed E-state index contributed by atoms with van der Waals surface area (Å²) in [5.74, 6) is -0.370. The van der Waals surface area contributed by atoms with E-state index in [9.17, 15) is 14.4 Å². The normalized spacial score (nSPS) is 25.8. The zero-order valence-electron chi connectivity index (χ0n) is 37.3. The number of anilines is 1. The first-order valence-electron chi connectivity index (χ1n) is 22.7. The molecule has 6 bridgehead atoms. The van der Waals surface area contributed by atoms with Gasteiger partial charge in [0.2, 0.25) is 5.91 Å². The maximum absolute atomic E-state index is 14.2. The average Bonchev–Trinajstić information content (AvgIpc) is 3.54. The van der Waals surface area contributed by atoms with Crippen LogP contribution in [0.1, 0.15) is 96.0 Å². The van der Waals surface area contributed by atoms with Crippen molar-refractivity contribution in [2.24, 2.45) is 23.2 Å². The highest BCUT2D eigenvalue weighted by atomic mass is 32.1. The quantitative estimate of drug-likeness (QED) is 0.183. The number of hydrazine groups is 1. The van der Waals surface area contributed by atoms with Crippen LogP contribution in [-0.2, 0) is 43.2 Å². The molecule has 1 saturated carbocycles. The number of ether oxygens (including phenoxy) is 2. The number of amides is 2. The molecular weight excluding hydrogens is 801 g/mol. The second kappa shape index (κ2) is 17.1. The lowest BCUT2D eigenvalue weighted by Crippen LogP contribution is -2.60. The monoisotopic (exact) mass is 862 g/mol. The van der Waals surface area contributed by atoms with E-state index >= 15 is 0 Å². The number of cyclic esters (lactones) is 1. The highest BCUT2D eigenvalue weighted by molar-refractivity contribution is 7.10. The van der Waals surface area contributed by atoms with E-state index in [0.29, 0.717) is 25.8 Å². The van der Waals surface area contributed by atoms with Crippen molar-refractivity contribution in [1.82, 2.24) is 35.2 Å². The molecule has 3 aromatic heterocycles. The Bertz CT molecular complexity index is 2400. The molecule has 4 aromatic rings. The van der Waals surface area contributed by atoms with Crippen LogP contribution < -0.4 is 15.6 Å². The third kappa shape index (κ3) is 8.14. The number of benzene rings is 1. The zero-order chi connectivity index (χ0) is 43.4. The molecule has 2 N–H and O–H groups in total. The SMILES string of the molecule is CCn1c(-c2cc(N3C=C4CCCCN4CC3)cnc2[C@H](C)OC)c2c3cc(ccc31)-c1csc(n1)C[C@H](NC(=O)C1[C@@H](C)[C@H]1C)C(=O)N1CCC[C@H](N1)C(=O)OCC(C)(C)C2. The summed E-state index contributed by atoms with van der Waals surface area (Å²) in [6.45, 7) is 17.0. The summed E-state index contributed by atoms with van der Waals surface area (Å²) in [7, 11) is 1.73. The first-order chi connectivity index (χ1) is 29.8. The fourth-order valence-corrected chi connectivity index (χ4v) is 11.0. The number of pyridine rings is 1. The molecule has 14 heteroatoms. The van der Waals surface area contributed by atoms with E-state index in [1.54, 1.807) is 7.11 Å². The van der Waals surface area contributed by atoms with Gasteiger partial charge in [-0.2, -0.15) is 0 Å². The first-order valence-corrected chi connectivity index (χ1v) is 23.6. The molecule has 0 radical (unpaired) electrons. The van der Waals surface area contributed by atoms with Gasteiger partial charge in [0.15, 0.2) is 0 Å². The molecule has 4 aliphatic heterocycles. The van der Waals surface area contributed by atoms with E-state index in [1.807, 2.05) is 6.20 Å². The summed E-state index contributed by atoms with van der Waals surface area (Å²) in [6.07, 6.45) is 9.63. The predicted octanol–water partition coefficient (Wildman–Crippen LogP) is 7.25.